The van der Waals surface area contributed by atoms with Crippen LogP contribution in [0.3, 0.4) is 0 Å². The number of nitrogen functional groups attached to an aromatic ring is 1. The van der Waals surface area contributed by atoms with E-state index in [1.54, 1.807) is 53.1 Å². The number of nitrogens with two attached hydrogens (primary N) is 1. The van der Waals surface area contributed by atoms with Crippen LogP contribution in [0, 0.1) is 0 Å². The Hall–Kier alpha value is -4.29. The van der Waals surface area contributed by atoms with Crippen molar-refractivity contribution >= 4 is 57.9 Å². The summed E-state index contributed by atoms with van der Waals surface area (Å²) in [6.07, 6.45) is 0.856. The third-order valence-electron chi connectivity index (χ3n) is 6.66. The zero-order valence-corrected chi connectivity index (χ0v) is 29.7. The van der Waals surface area contributed by atoms with E-state index in [0.717, 1.165) is 0 Å². The fourth-order valence-electron chi connectivity index (χ4n) is 4.21. The molecule has 1 heterocycles. The van der Waals surface area contributed by atoms with Crippen LogP contribution in [-0.4, -0.2) is 114 Å². The molecule has 5 N–H and O–H groups in total. The molecule has 1 aromatic heterocycles. The average Bonchev–Trinajstić information content (AvgIpc) is 3.04. The van der Waals surface area contributed by atoms with E-state index in [0.29, 0.717) is 39.2 Å². The van der Waals surface area contributed by atoms with Gasteiger partial charge in [-0.2, -0.15) is 0 Å². The topological polar surface area (TPSA) is 199 Å². The number of amides is 3. The number of benzene rings is 2. The van der Waals surface area contributed by atoms with Crippen molar-refractivity contribution in [3.8, 4) is 5.75 Å². The molecule has 0 saturated heterocycles. The molecule has 15 nitrogen and oxygen atoms in total. The Morgan fingerprint density at radius 1 is 0.959 bits per heavy atom. The standard InChI is InChI=1S/C32H42BBrN6O9/c1-32(2,3)49-31(43)40(5)20-22-7-6-8-24(37-29(41)26-28(35)36-19-25(34)38-26)27(22)48-18-17-47-16-15-46-14-13-39(4)30(42)21-9-11-23(12-10-21)33(44)45/h6-12,19,44-45H,13-18,20H2,1-5H3,(H2,35,36)(H,37,41). The van der Waals surface area contributed by atoms with Gasteiger partial charge in [0.05, 0.1) is 44.9 Å². The second-order valence-corrected chi connectivity index (χ2v) is 12.6. The van der Waals surface area contributed by atoms with Gasteiger partial charge in [0, 0.05) is 31.8 Å². The first-order valence-electron chi connectivity index (χ1n) is 15.3. The van der Waals surface area contributed by atoms with Crippen LogP contribution in [0.2, 0.25) is 0 Å². The van der Waals surface area contributed by atoms with E-state index in [2.05, 4.69) is 31.2 Å². The van der Waals surface area contributed by atoms with Crippen LogP contribution >= 0.6 is 15.9 Å². The van der Waals surface area contributed by atoms with Crippen molar-refractivity contribution in [1.82, 2.24) is 19.8 Å². The summed E-state index contributed by atoms with van der Waals surface area (Å²) in [7, 11) is 1.65. The van der Waals surface area contributed by atoms with E-state index in [1.807, 2.05) is 0 Å². The third-order valence-corrected chi connectivity index (χ3v) is 7.05. The summed E-state index contributed by atoms with van der Waals surface area (Å²) in [6.45, 7) is 6.91. The SMILES string of the molecule is CN(Cc1cccc(NC(=O)c2nc(Br)cnc2N)c1OCCOCCOCCN(C)C(=O)c1ccc(B(O)O)cc1)C(=O)OC(C)(C)C. The van der Waals surface area contributed by atoms with Crippen molar-refractivity contribution < 1.29 is 43.4 Å². The van der Waals surface area contributed by atoms with Gasteiger partial charge in [-0.15, -0.1) is 0 Å². The number of nitrogens with zero attached hydrogens (tertiary/aromatic N) is 4. The molecular weight excluding hydrogens is 703 g/mol. The summed E-state index contributed by atoms with van der Waals surface area (Å²) in [4.78, 5) is 49.3. The molecule has 0 aliphatic rings. The van der Waals surface area contributed by atoms with Crippen LogP contribution in [0.4, 0.5) is 16.3 Å². The van der Waals surface area contributed by atoms with Gasteiger partial charge in [0.25, 0.3) is 11.8 Å². The molecule has 2 aromatic carbocycles. The minimum Gasteiger partial charge on any atom is -0.489 e. The number of hydrogen-bond acceptors (Lipinski definition) is 12. The van der Waals surface area contributed by atoms with E-state index in [1.165, 1.54) is 40.3 Å². The van der Waals surface area contributed by atoms with Crippen LogP contribution in [0.15, 0.2) is 53.3 Å². The second kappa shape index (κ2) is 18.5. The molecule has 0 fully saturated rings. The van der Waals surface area contributed by atoms with Crippen molar-refractivity contribution in [2.75, 3.05) is 64.7 Å². The van der Waals surface area contributed by atoms with Crippen LogP contribution in [0.1, 0.15) is 47.2 Å². The van der Waals surface area contributed by atoms with Gasteiger partial charge in [-0.05, 0) is 60.4 Å². The third kappa shape index (κ3) is 12.6. The van der Waals surface area contributed by atoms with E-state index in [4.69, 9.17) is 24.7 Å². The Morgan fingerprint density at radius 3 is 2.27 bits per heavy atom. The molecule has 0 atom stereocenters. The van der Waals surface area contributed by atoms with Crippen molar-refractivity contribution in [3.63, 3.8) is 0 Å². The number of carbonyl (C=O) groups is 3. The highest BCUT2D eigenvalue weighted by atomic mass is 79.9. The number of ether oxygens (including phenoxy) is 4. The molecule has 0 spiro atoms. The Bertz CT molecular complexity index is 1570. The lowest BCUT2D eigenvalue weighted by Gasteiger charge is -2.25. The molecule has 264 valence electrons. The van der Waals surface area contributed by atoms with Crippen LogP contribution in [0.5, 0.6) is 5.75 Å². The molecule has 0 unspecified atom stereocenters. The lowest BCUT2D eigenvalue weighted by Crippen LogP contribution is -2.34. The highest BCUT2D eigenvalue weighted by molar-refractivity contribution is 9.10. The molecule has 0 aliphatic carbocycles. The van der Waals surface area contributed by atoms with Crippen molar-refractivity contribution in [1.29, 1.82) is 0 Å². The van der Waals surface area contributed by atoms with E-state index in [-0.39, 0.29) is 57.0 Å². The summed E-state index contributed by atoms with van der Waals surface area (Å²) < 4.78 is 23.2. The summed E-state index contributed by atoms with van der Waals surface area (Å²) >= 11 is 3.20. The number of hydrogen-bond donors (Lipinski definition) is 4. The minimum atomic E-state index is -1.60. The van der Waals surface area contributed by atoms with Gasteiger partial charge < -0.3 is 49.8 Å². The summed E-state index contributed by atoms with van der Waals surface area (Å²) in [5.74, 6) is -0.554. The summed E-state index contributed by atoms with van der Waals surface area (Å²) in [5, 5.41) is 21.2. The number of aromatic nitrogens is 2. The zero-order valence-electron chi connectivity index (χ0n) is 28.1. The molecule has 49 heavy (non-hydrogen) atoms. The molecule has 0 aliphatic heterocycles. The lowest BCUT2D eigenvalue weighted by molar-refractivity contribution is 0.0273. The Kier molecular flexibility index (Phi) is 14.8. The monoisotopic (exact) mass is 744 g/mol. The quantitative estimate of drug-likeness (QED) is 0.124. The Balaban J connectivity index is 1.53. The first kappa shape index (κ1) is 39.2. The van der Waals surface area contributed by atoms with Gasteiger partial charge in [0.15, 0.2) is 11.5 Å². The van der Waals surface area contributed by atoms with Crippen LogP contribution in [0.25, 0.3) is 0 Å². The van der Waals surface area contributed by atoms with Gasteiger partial charge in [-0.1, -0.05) is 24.3 Å². The number of halogens is 1. The van der Waals surface area contributed by atoms with E-state index in [9.17, 15) is 24.4 Å². The van der Waals surface area contributed by atoms with E-state index < -0.39 is 24.7 Å². The van der Waals surface area contributed by atoms with Gasteiger partial charge in [0.2, 0.25) is 0 Å². The maximum Gasteiger partial charge on any atom is 0.488 e. The number of para-hydroxylation sites is 1. The minimum absolute atomic E-state index is 0.0482. The average molecular weight is 745 g/mol. The summed E-state index contributed by atoms with van der Waals surface area (Å²) in [6, 6.07) is 11.2. The van der Waals surface area contributed by atoms with Crippen molar-refractivity contribution in [3.05, 3.63) is 70.1 Å². The maximum absolute atomic E-state index is 13.1. The second-order valence-electron chi connectivity index (χ2n) is 11.8. The molecule has 17 heteroatoms. The number of anilines is 2. The maximum atomic E-state index is 13.1. The van der Waals surface area contributed by atoms with Crippen molar-refractivity contribution in [2.45, 2.75) is 32.9 Å². The highest BCUT2D eigenvalue weighted by Gasteiger charge is 2.23. The first-order chi connectivity index (χ1) is 23.2. The van der Waals surface area contributed by atoms with Gasteiger partial charge in [-0.3, -0.25) is 9.59 Å². The van der Waals surface area contributed by atoms with Crippen molar-refractivity contribution in [2.24, 2.45) is 0 Å². The fraction of sp³-hybridized carbons (Fsp3) is 0.406. The Labute approximate surface area is 294 Å². The smallest absolute Gasteiger partial charge is 0.488 e. The molecule has 0 bridgehead atoms. The van der Waals surface area contributed by atoms with E-state index >= 15 is 0 Å². The highest BCUT2D eigenvalue weighted by Crippen LogP contribution is 2.31. The largest absolute Gasteiger partial charge is 0.489 e. The lowest BCUT2D eigenvalue weighted by atomic mass is 9.80. The van der Waals surface area contributed by atoms with Gasteiger partial charge in [0.1, 0.15) is 22.6 Å². The van der Waals surface area contributed by atoms with Crippen LogP contribution in [-0.2, 0) is 20.8 Å². The first-order valence-corrected chi connectivity index (χ1v) is 16.1. The predicted octanol–water partition coefficient (Wildman–Crippen LogP) is 2.30. The van der Waals surface area contributed by atoms with Gasteiger partial charge >= 0.3 is 13.2 Å². The summed E-state index contributed by atoms with van der Waals surface area (Å²) in [5.41, 5.74) is 6.77. The van der Waals surface area contributed by atoms with Gasteiger partial charge in [-0.25, -0.2) is 14.8 Å². The normalized spacial score (nSPS) is 11.1. The number of rotatable bonds is 16. The molecule has 3 rings (SSSR count). The number of carbonyl (C=O) groups excluding carboxylic acids is 3. The fourth-order valence-corrected chi connectivity index (χ4v) is 4.49. The van der Waals surface area contributed by atoms with Crippen LogP contribution < -0.4 is 21.3 Å². The molecule has 3 amide bonds. The number of likely N-dealkylation sites (N-methyl/N-ethyl adjacent to an activating group) is 1. The Morgan fingerprint density at radius 2 is 1.61 bits per heavy atom. The molecule has 3 aromatic rings. The zero-order chi connectivity index (χ0) is 36.1. The number of nitrogens with one attached hydrogen (secondary N) is 1. The molecular formula is C32H42BBrN6O9. The predicted molar refractivity (Wildman–Crippen MR) is 187 cm³/mol. The molecule has 0 saturated carbocycles. The molecule has 0 radical (unpaired) electrons.